The Labute approximate surface area is 456 Å². The molecule has 7 fully saturated rings. The molecule has 422 valence electrons. The molecule has 1 aromatic carbocycles. The first-order valence-electron chi connectivity index (χ1n) is 26.9. The van der Waals surface area contributed by atoms with E-state index in [0.717, 1.165) is 69.1 Å². The second-order valence-electron chi connectivity index (χ2n) is 21.2. The Balaban J connectivity index is 0.000000158. The number of carbonyl (C=O) groups is 9. The van der Waals surface area contributed by atoms with Crippen molar-refractivity contribution in [3.8, 4) is 0 Å². The summed E-state index contributed by atoms with van der Waals surface area (Å²) in [6.07, 6.45) is 35.4. The summed E-state index contributed by atoms with van der Waals surface area (Å²) < 4.78 is 28.3. The molecule has 1 aromatic rings. The van der Waals surface area contributed by atoms with E-state index < -0.39 is 35.8 Å². The third-order valence-electron chi connectivity index (χ3n) is 16.9. The molecule has 13 aliphatic carbocycles. The highest BCUT2D eigenvalue weighted by Gasteiger charge is 2.55. The van der Waals surface area contributed by atoms with Crippen molar-refractivity contribution < 1.29 is 76.7 Å². The van der Waals surface area contributed by atoms with E-state index in [2.05, 4.69) is 68.1 Å². The number of aliphatic carboxylic acids is 1. The van der Waals surface area contributed by atoms with Gasteiger partial charge in [-0.2, -0.15) is 0 Å². The number of rotatable bonds is 7. The van der Waals surface area contributed by atoms with Gasteiger partial charge in [0.15, 0.2) is 0 Å². The standard InChI is InChI=1S/C18H21NO4.C11H14O4.C10H17NO2.C10H10O3.C6H8.C4H2O3.CH4/c1-22-17(20)15-13-7-9-14(10-8-13)16(15)19-18(21)23-11-12-5-3-2-4-6-12;1-15-11(14)9-7-4-2-6(3-5-7)8(9)10(12)13;1-13-10(12)8-6-2-4-7(5-3-6)9(8)11;11-9-7-5-1-2-6(4-3-5)8(7)10(12)13-9;1-2-4-6-5-3-1;5-3-1-2-4(6)7-3;/h2-7,9,13-16H,8,10-11H2,1H3,(H,19,21);2,4,6-9H,3,5H2,1H3,(H,12,13);6-9H,2-5,11H2,1H3;1-2,5-8H,3-4H2;1-4H,5-6H2;1-2H;1H4/t13?,14?,15-,16-;2*6?,7?,8-,9-;5?,6?,7-,8+;;;/m111..../s1. The summed E-state index contributed by atoms with van der Waals surface area (Å²) in [5.41, 5.74) is 6.97. The number of carboxylic acid groups (broad SMARTS) is 1. The van der Waals surface area contributed by atoms with Crippen molar-refractivity contribution in [2.45, 2.75) is 103 Å². The van der Waals surface area contributed by atoms with Gasteiger partial charge in [0, 0.05) is 18.2 Å². The summed E-state index contributed by atoms with van der Waals surface area (Å²) >= 11 is 0. The number of allylic oxidation sites excluding steroid dienone is 9. The largest absolute Gasteiger partial charge is 0.481 e. The van der Waals surface area contributed by atoms with Gasteiger partial charge in [0.05, 0.1) is 62.9 Å². The van der Waals surface area contributed by atoms with E-state index in [4.69, 9.17) is 25.1 Å². The van der Waals surface area contributed by atoms with Gasteiger partial charge in [0.1, 0.15) is 6.61 Å². The molecule has 8 bridgehead atoms. The van der Waals surface area contributed by atoms with Crippen LogP contribution in [0.25, 0.3) is 0 Å². The molecule has 15 aliphatic rings. The van der Waals surface area contributed by atoms with Crippen LogP contribution in [0.4, 0.5) is 4.79 Å². The average Bonchev–Trinajstić information content (AvgIpc) is 4.07. The second-order valence-corrected chi connectivity index (χ2v) is 21.2. The maximum atomic E-state index is 12.1. The number of carbonyl (C=O) groups excluding carboxylic acids is 8. The van der Waals surface area contributed by atoms with Gasteiger partial charge in [-0.05, 0) is 130 Å². The van der Waals surface area contributed by atoms with Crippen molar-refractivity contribution in [3.63, 3.8) is 0 Å². The molecule has 2 heterocycles. The number of nitrogens with two attached hydrogens (primary N) is 1. The van der Waals surface area contributed by atoms with Gasteiger partial charge in [-0.15, -0.1) is 0 Å². The van der Waals surface area contributed by atoms with Gasteiger partial charge in [-0.1, -0.05) is 98.5 Å². The monoisotopic (exact) mass is 1080 g/mol. The Bertz CT molecular complexity index is 2450. The van der Waals surface area contributed by atoms with Crippen molar-refractivity contribution in [1.82, 2.24) is 5.32 Å². The molecule has 2 aliphatic heterocycles. The summed E-state index contributed by atoms with van der Waals surface area (Å²) in [5.74, 6) is -3.22. The lowest BCUT2D eigenvalue weighted by Crippen LogP contribution is -2.54. The quantitative estimate of drug-likeness (QED) is 0.102. The van der Waals surface area contributed by atoms with E-state index >= 15 is 0 Å². The molecule has 78 heavy (non-hydrogen) atoms. The van der Waals surface area contributed by atoms with Crippen LogP contribution in [0.2, 0.25) is 0 Å². The predicted octanol–water partition coefficient (Wildman–Crippen LogP) is 7.71. The lowest BCUT2D eigenvalue weighted by atomic mass is 9.62. The maximum Gasteiger partial charge on any atom is 0.407 e. The second kappa shape index (κ2) is 28.6. The topological polar surface area (TPSA) is 267 Å². The fourth-order valence-corrected chi connectivity index (χ4v) is 13.0. The zero-order valence-corrected chi connectivity index (χ0v) is 43.9. The first kappa shape index (κ1) is 60.3. The maximum absolute atomic E-state index is 12.1. The van der Waals surface area contributed by atoms with Crippen LogP contribution in [0.1, 0.15) is 90.0 Å². The summed E-state index contributed by atoms with van der Waals surface area (Å²) in [4.78, 5) is 101. The number of nitrogens with one attached hydrogen (secondary N) is 1. The minimum atomic E-state index is -0.885. The van der Waals surface area contributed by atoms with Crippen LogP contribution in [-0.4, -0.2) is 92.4 Å². The number of alkyl carbamates (subject to hydrolysis) is 1. The van der Waals surface area contributed by atoms with Gasteiger partial charge >= 0.3 is 53.8 Å². The molecular weight excluding hydrogens is 1000 g/mol. The number of fused-ring (bicyclic) bond motifs is 8. The molecule has 18 nitrogen and oxygen atoms in total. The third-order valence-corrected chi connectivity index (χ3v) is 16.9. The lowest BCUT2D eigenvalue weighted by Gasteiger charge is -2.45. The zero-order chi connectivity index (χ0) is 55.2. The molecule has 4 N–H and O–H groups in total. The van der Waals surface area contributed by atoms with E-state index in [1.165, 1.54) is 47.0 Å². The fourth-order valence-electron chi connectivity index (χ4n) is 13.0. The number of carboxylic acids is 1. The fraction of sp³-hybridized carbons (Fsp3) is 0.550. The van der Waals surface area contributed by atoms with Crippen LogP contribution in [0.3, 0.4) is 0 Å². The van der Waals surface area contributed by atoms with Crippen molar-refractivity contribution in [3.05, 3.63) is 109 Å². The average molecular weight is 1080 g/mol. The Morgan fingerprint density at radius 3 is 1.42 bits per heavy atom. The zero-order valence-electron chi connectivity index (χ0n) is 43.9. The molecule has 1 amide bonds. The summed E-state index contributed by atoms with van der Waals surface area (Å²) in [7, 11) is 4.16. The van der Waals surface area contributed by atoms with Crippen LogP contribution in [0, 0.1) is 82.9 Å². The van der Waals surface area contributed by atoms with Crippen LogP contribution < -0.4 is 11.1 Å². The molecule has 6 unspecified atom stereocenters. The predicted molar refractivity (Wildman–Crippen MR) is 283 cm³/mol. The van der Waals surface area contributed by atoms with Gasteiger partial charge in [0.25, 0.3) is 0 Å². The van der Waals surface area contributed by atoms with E-state index in [9.17, 15) is 43.2 Å². The number of ether oxygens (including phenoxy) is 6. The number of amides is 1. The Hall–Kier alpha value is -6.95. The molecule has 0 spiro atoms. The molecule has 6 saturated carbocycles. The van der Waals surface area contributed by atoms with Crippen molar-refractivity contribution >= 4 is 53.8 Å². The number of cyclic esters (lactones) is 4. The molecule has 16 rings (SSSR count). The first-order valence-corrected chi connectivity index (χ1v) is 26.9. The highest BCUT2D eigenvalue weighted by atomic mass is 16.6. The Morgan fingerprint density at radius 2 is 1.00 bits per heavy atom. The third kappa shape index (κ3) is 14.8. The Morgan fingerprint density at radius 1 is 0.564 bits per heavy atom. The minimum absolute atomic E-state index is 0. The summed E-state index contributed by atoms with van der Waals surface area (Å²) in [6.45, 7) is 0.215. The number of benzene rings is 1. The van der Waals surface area contributed by atoms with Gasteiger partial charge in [-0.25, -0.2) is 14.4 Å². The molecule has 14 atom stereocenters. The van der Waals surface area contributed by atoms with Crippen molar-refractivity contribution in [1.29, 1.82) is 0 Å². The highest BCUT2D eigenvalue weighted by Crippen LogP contribution is 2.49. The molecule has 0 radical (unpaired) electrons. The van der Waals surface area contributed by atoms with E-state index in [1.54, 1.807) is 0 Å². The number of esters is 7. The van der Waals surface area contributed by atoms with Crippen LogP contribution in [-0.2, 0) is 73.4 Å². The molecule has 1 saturated heterocycles. The number of hydrogen-bond donors (Lipinski definition) is 3. The van der Waals surface area contributed by atoms with Crippen molar-refractivity contribution in [2.24, 2.45) is 88.6 Å². The van der Waals surface area contributed by atoms with E-state index in [0.29, 0.717) is 11.8 Å². The van der Waals surface area contributed by atoms with E-state index in [-0.39, 0.29) is 115 Å². The van der Waals surface area contributed by atoms with Gasteiger partial charge < -0.3 is 44.6 Å². The Kier molecular flexibility index (Phi) is 22.1. The van der Waals surface area contributed by atoms with Crippen LogP contribution in [0.15, 0.2) is 103 Å². The smallest absolute Gasteiger partial charge is 0.407 e. The molecular formula is C60H76N2O16. The van der Waals surface area contributed by atoms with Gasteiger partial charge in [0.2, 0.25) is 0 Å². The van der Waals surface area contributed by atoms with Crippen LogP contribution in [0.5, 0.6) is 0 Å². The SMILES string of the molecule is C.C1=CCCC=C1.COC(=O)[C@@H]1C2C=CC(CC2)[C@H]1C(=O)O.COC(=O)[C@@H]1C2C=CC(CC2)[C@H]1NC(=O)OCc1ccccc1.COC(=O)[C@@H]1C2CCC(CC2)[C@H]1N.O=C1C=CC(=O)O1.O=C1OC(=O)[C@H]2C3C=CC(CC3)[C@@H]12. The van der Waals surface area contributed by atoms with Crippen molar-refractivity contribution in [2.75, 3.05) is 21.3 Å². The number of methoxy groups -OCH3 is 3. The number of hydrogen-bond acceptors (Lipinski definition) is 16. The van der Waals surface area contributed by atoms with Gasteiger partial charge in [-0.3, -0.25) is 28.8 Å². The normalized spacial score (nSPS) is 33.5. The summed E-state index contributed by atoms with van der Waals surface area (Å²) in [5, 5.41) is 12.0. The van der Waals surface area contributed by atoms with Crippen LogP contribution >= 0.6 is 0 Å². The molecule has 0 aromatic heterocycles. The highest BCUT2D eigenvalue weighted by molar-refractivity contribution is 6.05. The van der Waals surface area contributed by atoms with E-state index in [1.807, 2.05) is 42.5 Å². The summed E-state index contributed by atoms with van der Waals surface area (Å²) in [6, 6.07) is 9.31. The lowest BCUT2D eigenvalue weighted by molar-refractivity contribution is -0.162. The molecule has 18 heteroatoms. The minimum Gasteiger partial charge on any atom is -0.481 e. The first-order chi connectivity index (χ1) is 37.1.